The second-order valence-corrected chi connectivity index (χ2v) is 8.26. The second kappa shape index (κ2) is 9.49. The lowest BCUT2D eigenvalue weighted by Crippen LogP contribution is -2.55. The molecular formula is C20H21ClFN5O8. The Labute approximate surface area is 201 Å². The fourth-order valence-electron chi connectivity index (χ4n) is 3.77. The van der Waals surface area contributed by atoms with Crippen LogP contribution in [0, 0.1) is 0 Å². The fraction of sp³-hybridized carbons (Fsp3) is 0.400. The lowest BCUT2D eigenvalue weighted by Gasteiger charge is -2.32. The number of imidazole rings is 1. The van der Waals surface area contributed by atoms with E-state index in [0.717, 1.165) is 4.57 Å². The number of nitrogens with two attached hydrogens (primary N) is 1. The molecule has 1 aromatic carbocycles. The maximum Gasteiger partial charge on any atom is 0.341 e. The van der Waals surface area contributed by atoms with Gasteiger partial charge in [0.2, 0.25) is 10.9 Å². The molecule has 13 nitrogen and oxygen atoms in total. The Morgan fingerprint density at radius 3 is 2.63 bits per heavy atom. The van der Waals surface area contributed by atoms with Crippen LogP contribution in [0.15, 0.2) is 30.6 Å². The molecule has 0 spiro atoms. The highest BCUT2D eigenvalue weighted by molar-refractivity contribution is 6.28. The number of phenols is 1. The summed E-state index contributed by atoms with van der Waals surface area (Å²) in [5, 5.41) is 49.1. The Balaban J connectivity index is 1.56. The van der Waals surface area contributed by atoms with Gasteiger partial charge in [0.15, 0.2) is 30.2 Å². The van der Waals surface area contributed by atoms with E-state index < -0.39 is 55.5 Å². The summed E-state index contributed by atoms with van der Waals surface area (Å²) < 4.78 is 27.1. The summed E-state index contributed by atoms with van der Waals surface area (Å²) in [6, 6.07) is 5.31. The van der Waals surface area contributed by atoms with Gasteiger partial charge in [0.1, 0.15) is 23.5 Å². The fourth-order valence-corrected chi connectivity index (χ4v) is 3.95. The van der Waals surface area contributed by atoms with Gasteiger partial charge in [-0.3, -0.25) is 4.57 Å². The number of carboxylic acids is 1. The largest absolute Gasteiger partial charge is 0.508 e. The Bertz CT molecular complexity index is 1230. The molecule has 0 amide bonds. The summed E-state index contributed by atoms with van der Waals surface area (Å²) in [4.78, 5) is 23.7. The molecule has 7 N–H and O–H groups in total. The Morgan fingerprint density at radius 1 is 1.31 bits per heavy atom. The van der Waals surface area contributed by atoms with Crippen molar-refractivity contribution in [1.29, 1.82) is 0 Å². The predicted octanol–water partition coefficient (Wildman–Crippen LogP) is -0.243. The molecule has 0 aliphatic carbocycles. The number of rotatable bonds is 8. The number of benzene rings is 1. The number of aliphatic hydroxyl groups is 3. The number of aromatic hydroxyl groups is 1. The molecule has 1 saturated heterocycles. The van der Waals surface area contributed by atoms with Crippen molar-refractivity contribution in [2.24, 2.45) is 0 Å². The topological polar surface area (TPSA) is 206 Å². The number of alkyl halides is 1. The zero-order valence-electron chi connectivity index (χ0n) is 17.8. The Morgan fingerprint density at radius 2 is 2.00 bits per heavy atom. The van der Waals surface area contributed by atoms with Gasteiger partial charge in [-0.05, 0) is 29.3 Å². The number of hydrogen-bond acceptors (Lipinski definition) is 11. The van der Waals surface area contributed by atoms with Crippen molar-refractivity contribution in [3.63, 3.8) is 0 Å². The third kappa shape index (κ3) is 4.59. The van der Waals surface area contributed by atoms with E-state index in [-0.39, 0.29) is 28.0 Å². The summed E-state index contributed by atoms with van der Waals surface area (Å²) >= 11 is 5.82. The number of anilines is 1. The van der Waals surface area contributed by atoms with Crippen LogP contribution < -0.4 is 5.73 Å². The predicted molar refractivity (Wildman–Crippen MR) is 116 cm³/mol. The highest BCUT2D eigenvalue weighted by atomic mass is 35.5. The molecule has 35 heavy (non-hydrogen) atoms. The van der Waals surface area contributed by atoms with Crippen LogP contribution in [0.5, 0.6) is 5.75 Å². The number of aromatic nitrogens is 4. The van der Waals surface area contributed by atoms with Gasteiger partial charge in [-0.15, -0.1) is 0 Å². The number of fused-ring (bicyclic) bond motifs is 1. The van der Waals surface area contributed by atoms with Crippen LogP contribution in [0.2, 0.25) is 5.28 Å². The number of ether oxygens (including phenoxy) is 2. The van der Waals surface area contributed by atoms with Crippen LogP contribution >= 0.6 is 11.6 Å². The summed E-state index contributed by atoms with van der Waals surface area (Å²) in [7, 11) is 0. The van der Waals surface area contributed by atoms with E-state index >= 15 is 4.39 Å². The molecule has 1 aliphatic rings. The second-order valence-electron chi connectivity index (χ2n) is 7.92. The van der Waals surface area contributed by atoms with Crippen LogP contribution in [0.1, 0.15) is 11.8 Å². The van der Waals surface area contributed by atoms with Gasteiger partial charge in [-0.2, -0.15) is 9.97 Å². The lowest BCUT2D eigenvalue weighted by molar-refractivity contribution is -0.231. The molecule has 3 aromatic rings. The van der Waals surface area contributed by atoms with Crippen molar-refractivity contribution < 1.29 is 44.2 Å². The number of aliphatic hydroxyl groups excluding tert-OH is 2. The zero-order chi connectivity index (χ0) is 25.5. The van der Waals surface area contributed by atoms with Gasteiger partial charge in [-0.1, -0.05) is 12.1 Å². The summed E-state index contributed by atoms with van der Waals surface area (Å²) in [6.45, 7) is -0.718. The first kappa shape index (κ1) is 25.0. The lowest BCUT2D eigenvalue weighted by atomic mass is 9.93. The number of carboxylic acid groups (broad SMARTS) is 1. The highest BCUT2D eigenvalue weighted by Gasteiger charge is 2.51. The summed E-state index contributed by atoms with van der Waals surface area (Å²) in [5.41, 5.74) is 3.63. The van der Waals surface area contributed by atoms with Crippen molar-refractivity contribution in [2.75, 3.05) is 12.3 Å². The molecule has 5 atom stereocenters. The number of nitrogen functional groups attached to an aromatic ring is 1. The smallest absolute Gasteiger partial charge is 0.341 e. The molecule has 0 bridgehead atoms. The molecule has 1 aliphatic heterocycles. The normalized spacial score (nSPS) is 24.2. The van der Waals surface area contributed by atoms with Crippen molar-refractivity contribution in [2.45, 2.75) is 42.9 Å². The van der Waals surface area contributed by atoms with Crippen molar-refractivity contribution in [1.82, 2.24) is 19.5 Å². The van der Waals surface area contributed by atoms with E-state index in [1.807, 2.05) is 0 Å². The Hall–Kier alpha value is -3.14. The number of halogens is 2. The molecule has 15 heteroatoms. The number of aliphatic carboxylic acids is 1. The maximum absolute atomic E-state index is 15.0. The minimum absolute atomic E-state index is 0.0434. The van der Waals surface area contributed by atoms with Gasteiger partial charge in [0, 0.05) is 6.42 Å². The van der Waals surface area contributed by atoms with Crippen molar-refractivity contribution in [3.05, 3.63) is 41.4 Å². The molecule has 3 heterocycles. The molecule has 1 fully saturated rings. The summed E-state index contributed by atoms with van der Waals surface area (Å²) in [5.74, 6) is -1.85. The average molecular weight is 514 g/mol. The van der Waals surface area contributed by atoms with Crippen LogP contribution in [0.4, 0.5) is 10.2 Å². The van der Waals surface area contributed by atoms with E-state index in [1.165, 1.54) is 30.6 Å². The molecular weight excluding hydrogens is 493 g/mol. The third-order valence-electron chi connectivity index (χ3n) is 5.68. The van der Waals surface area contributed by atoms with Crippen LogP contribution in [0.3, 0.4) is 0 Å². The molecule has 1 unspecified atom stereocenters. The minimum Gasteiger partial charge on any atom is -0.508 e. The van der Waals surface area contributed by atoms with Gasteiger partial charge in [-0.25, -0.2) is 14.2 Å². The first-order chi connectivity index (χ1) is 16.5. The zero-order valence-corrected chi connectivity index (χ0v) is 18.5. The maximum atomic E-state index is 15.0. The average Bonchev–Trinajstić information content (AvgIpc) is 3.33. The first-order valence-electron chi connectivity index (χ1n) is 10.2. The monoisotopic (exact) mass is 513 g/mol. The number of phenolic OH excluding ortho intramolecular Hbond substituents is 1. The van der Waals surface area contributed by atoms with E-state index in [1.54, 1.807) is 0 Å². The number of nitrogens with zero attached hydrogens (tertiary/aromatic N) is 4. The molecule has 0 saturated carbocycles. The standard InChI is InChI=1S/C20H21ClFN5O8/c21-19-25-14(23)12-15(26-19)27(7-24-12)16-11(22)13(29)10(35-16)6-34-20(17(30)31,18(32)33)5-8-1-3-9(28)4-2-8/h1-4,7,10-11,13,16-17,28-31H,5-6H2,(H,32,33)(H2,23,25,26)/t10-,11+,13-,16-,20?/m1/s1. The quantitative estimate of drug-likeness (QED) is 0.170. The molecule has 188 valence electrons. The highest BCUT2D eigenvalue weighted by Crippen LogP contribution is 2.35. The van der Waals surface area contributed by atoms with Crippen LogP contribution in [-0.2, 0) is 20.7 Å². The number of hydrogen-bond donors (Lipinski definition) is 6. The first-order valence-corrected chi connectivity index (χ1v) is 10.6. The SMILES string of the molecule is Nc1nc(Cl)nc2c1ncn2[C@@H]1O[C@H](COC(Cc2ccc(O)cc2)(C(=O)O)C(O)O)[C@@H](O)[C@@H]1F. The Kier molecular flexibility index (Phi) is 6.77. The van der Waals surface area contributed by atoms with Crippen LogP contribution in [0.25, 0.3) is 11.2 Å². The van der Waals surface area contributed by atoms with Gasteiger partial charge >= 0.3 is 5.97 Å². The summed E-state index contributed by atoms with van der Waals surface area (Å²) in [6.07, 6.45) is -8.50. The van der Waals surface area contributed by atoms with Gasteiger partial charge < -0.3 is 40.7 Å². The van der Waals surface area contributed by atoms with Gasteiger partial charge in [0.25, 0.3) is 0 Å². The van der Waals surface area contributed by atoms with Crippen LogP contribution in [-0.4, -0.2) is 87.9 Å². The molecule has 0 radical (unpaired) electrons. The van der Waals surface area contributed by atoms with E-state index in [4.69, 9.17) is 26.8 Å². The van der Waals surface area contributed by atoms with Gasteiger partial charge in [0.05, 0.1) is 12.9 Å². The van der Waals surface area contributed by atoms with E-state index in [2.05, 4.69) is 15.0 Å². The van der Waals surface area contributed by atoms with Crippen molar-refractivity contribution in [3.8, 4) is 5.75 Å². The molecule has 2 aromatic heterocycles. The minimum atomic E-state index is -2.58. The van der Waals surface area contributed by atoms with E-state index in [9.17, 15) is 30.3 Å². The van der Waals surface area contributed by atoms with Crippen molar-refractivity contribution >= 4 is 34.6 Å². The van der Waals surface area contributed by atoms with E-state index in [0.29, 0.717) is 5.56 Å². The third-order valence-corrected chi connectivity index (χ3v) is 5.85. The molecule has 4 rings (SSSR count). The number of carbonyl (C=O) groups is 1.